The molecule has 3 aliphatic carbocycles. The number of aliphatic hydroxyl groups is 4. The molecule has 11 atom stereocenters. The fourth-order valence-electron chi connectivity index (χ4n) is 9.56. The molecule has 2 aromatic rings. The van der Waals surface area contributed by atoms with Gasteiger partial charge in [-0.1, -0.05) is 62.4 Å². The lowest BCUT2D eigenvalue weighted by Gasteiger charge is -2.67. The molecule has 3 unspecified atom stereocenters. The van der Waals surface area contributed by atoms with Crippen LogP contribution < -0.4 is 5.32 Å². The van der Waals surface area contributed by atoms with Crippen LogP contribution in [-0.2, 0) is 38.1 Å². The van der Waals surface area contributed by atoms with Gasteiger partial charge in [0.05, 0.1) is 35.6 Å². The van der Waals surface area contributed by atoms with Crippen LogP contribution in [0.2, 0.25) is 0 Å². The van der Waals surface area contributed by atoms with Crippen LogP contribution in [0.15, 0.2) is 71.8 Å². The van der Waals surface area contributed by atoms with Crippen molar-refractivity contribution in [1.29, 1.82) is 0 Å². The van der Waals surface area contributed by atoms with Crippen LogP contribution in [-0.4, -0.2) is 110 Å². The van der Waals surface area contributed by atoms with Crippen molar-refractivity contribution in [2.45, 2.75) is 128 Å². The van der Waals surface area contributed by atoms with Crippen LogP contribution in [0.5, 0.6) is 0 Å². The number of carbonyl (C=O) groups is 5. The van der Waals surface area contributed by atoms with Gasteiger partial charge in [0, 0.05) is 25.2 Å². The molecular weight excluding hydrogens is 754 g/mol. The first-order chi connectivity index (χ1) is 27.0. The SMILES string of the molecule is CC(=O)O[C@@]12CO[C@H]1C[C@H](O)[C@]1(C)C(=O)C(O)C3=C(C)[C@@H](OC(=O)[C@H](O)[C@@H](NC(=O)OC(C)(C)C)c4ccccc4)CC(O)(C(OC(=O)c4ccccc4)[C@@H]21)C3(C)C. The zero-order valence-corrected chi connectivity index (χ0v) is 33.9. The Balaban J connectivity index is 1.49. The van der Waals surface area contributed by atoms with Gasteiger partial charge in [0.25, 0.3) is 0 Å². The van der Waals surface area contributed by atoms with Gasteiger partial charge in [0.1, 0.15) is 35.6 Å². The first kappa shape index (κ1) is 42.9. The number of alkyl carbamates (subject to hydrolysis) is 1. The maximum atomic E-state index is 14.9. The highest BCUT2D eigenvalue weighted by Gasteiger charge is 2.78. The third-order valence-corrected chi connectivity index (χ3v) is 12.6. The standard InChI is InChI=1S/C43H53NO14/c1-22-26(55-37(51)32(48)30(24-15-11-9-12-16-24)44-38(52)58-39(3,4)5)20-43(53)35(56-36(50)25-17-13-10-14-18-25)33-41(8,34(49)31(47)29(22)40(43,6)7)27(46)19-28-42(33,21-54-28)57-23(2)45/h9-18,26-28,30-33,35,46-48,53H,19-21H2,1-8H3,(H,44,52)/t26-,27-,28-,30-,31?,32+,33+,35?,41-,42-,43?/m0/s1. The summed E-state index contributed by atoms with van der Waals surface area (Å²) >= 11 is 0. The Kier molecular flexibility index (Phi) is 11.2. The molecule has 5 N–H and O–H groups in total. The van der Waals surface area contributed by atoms with Crippen molar-refractivity contribution in [3.05, 3.63) is 82.9 Å². The van der Waals surface area contributed by atoms with Crippen molar-refractivity contribution in [3.8, 4) is 0 Å². The molecule has 2 bridgehead atoms. The highest BCUT2D eigenvalue weighted by atomic mass is 16.6. The molecule has 2 aromatic carbocycles. The first-order valence-electron chi connectivity index (χ1n) is 19.3. The lowest BCUT2D eigenvalue weighted by Crippen LogP contribution is -2.81. The van der Waals surface area contributed by atoms with Crippen molar-refractivity contribution in [1.82, 2.24) is 5.32 Å². The zero-order valence-electron chi connectivity index (χ0n) is 33.9. The number of ether oxygens (including phenoxy) is 5. The molecular formula is C43H53NO14. The third-order valence-electron chi connectivity index (χ3n) is 12.6. The second kappa shape index (κ2) is 15.2. The summed E-state index contributed by atoms with van der Waals surface area (Å²) in [5.41, 5.74) is -8.14. The van der Waals surface area contributed by atoms with Crippen molar-refractivity contribution in [2.75, 3.05) is 6.61 Å². The number of ketones is 1. The monoisotopic (exact) mass is 807 g/mol. The highest BCUT2D eigenvalue weighted by molar-refractivity contribution is 5.94. The maximum Gasteiger partial charge on any atom is 0.408 e. The van der Waals surface area contributed by atoms with Gasteiger partial charge < -0.3 is 49.4 Å². The Labute approximate surface area is 336 Å². The van der Waals surface area contributed by atoms with Crippen molar-refractivity contribution >= 4 is 29.8 Å². The number of benzene rings is 2. The number of aliphatic hydroxyl groups excluding tert-OH is 3. The lowest BCUT2D eigenvalue weighted by atomic mass is 9.44. The predicted molar refractivity (Wildman–Crippen MR) is 204 cm³/mol. The second-order valence-electron chi connectivity index (χ2n) is 17.6. The summed E-state index contributed by atoms with van der Waals surface area (Å²) in [4.78, 5) is 68.9. The fourth-order valence-corrected chi connectivity index (χ4v) is 9.56. The van der Waals surface area contributed by atoms with Gasteiger partial charge in [-0.25, -0.2) is 14.4 Å². The molecule has 1 aliphatic heterocycles. The van der Waals surface area contributed by atoms with E-state index in [0.29, 0.717) is 5.56 Å². The van der Waals surface area contributed by atoms with E-state index in [9.17, 15) is 44.4 Å². The largest absolute Gasteiger partial charge is 0.456 e. The Hall–Kier alpha value is -4.67. The molecule has 1 amide bonds. The normalized spacial score (nSPS) is 33.7. The highest BCUT2D eigenvalue weighted by Crippen LogP contribution is 2.64. The number of amides is 1. The van der Waals surface area contributed by atoms with Gasteiger partial charge in [-0.2, -0.15) is 0 Å². The van der Waals surface area contributed by atoms with Crippen LogP contribution in [0.1, 0.15) is 90.2 Å². The van der Waals surface area contributed by atoms with Crippen molar-refractivity contribution in [2.24, 2.45) is 16.7 Å². The quantitative estimate of drug-likeness (QED) is 0.147. The van der Waals surface area contributed by atoms with E-state index in [0.717, 1.165) is 6.92 Å². The number of carbonyl (C=O) groups excluding carboxylic acids is 5. The molecule has 6 rings (SSSR count). The molecule has 0 aromatic heterocycles. The Morgan fingerprint density at radius 3 is 2.10 bits per heavy atom. The minimum Gasteiger partial charge on any atom is -0.456 e. The lowest BCUT2D eigenvalue weighted by molar-refractivity contribution is -0.346. The predicted octanol–water partition coefficient (Wildman–Crippen LogP) is 3.26. The molecule has 15 nitrogen and oxygen atoms in total. The van der Waals surface area contributed by atoms with Crippen LogP contribution in [0.3, 0.4) is 0 Å². The number of Topliss-reactive ketones (excluding diaryl/α,β-unsaturated/α-hetero) is 1. The average Bonchev–Trinajstić information content (AvgIpc) is 3.14. The topological polar surface area (TPSA) is 224 Å². The molecule has 3 fully saturated rings. The van der Waals surface area contributed by atoms with E-state index < -0.39 is 112 Å². The number of esters is 3. The van der Waals surface area contributed by atoms with Gasteiger partial charge >= 0.3 is 24.0 Å². The first-order valence-corrected chi connectivity index (χ1v) is 19.3. The van der Waals surface area contributed by atoms with Gasteiger partial charge in [0.2, 0.25) is 0 Å². The van der Waals surface area contributed by atoms with Crippen LogP contribution in [0, 0.1) is 16.7 Å². The summed E-state index contributed by atoms with van der Waals surface area (Å²) < 4.78 is 29.5. The average molecular weight is 808 g/mol. The van der Waals surface area contributed by atoms with E-state index >= 15 is 0 Å². The van der Waals surface area contributed by atoms with E-state index in [2.05, 4.69) is 5.32 Å². The fraction of sp³-hybridized carbons (Fsp3) is 0.558. The number of hydrogen-bond acceptors (Lipinski definition) is 14. The van der Waals surface area contributed by atoms with Crippen molar-refractivity contribution < 1.29 is 68.1 Å². The van der Waals surface area contributed by atoms with Crippen LogP contribution in [0.25, 0.3) is 0 Å². The van der Waals surface area contributed by atoms with Gasteiger partial charge in [-0.3, -0.25) is 9.59 Å². The van der Waals surface area contributed by atoms with Crippen molar-refractivity contribution in [3.63, 3.8) is 0 Å². The minimum absolute atomic E-state index is 0.0637. The Bertz CT molecular complexity index is 1980. The molecule has 1 saturated heterocycles. The van der Waals surface area contributed by atoms with E-state index in [1.807, 2.05) is 0 Å². The number of rotatable bonds is 8. The molecule has 0 radical (unpaired) electrons. The Morgan fingerprint density at radius 1 is 0.948 bits per heavy atom. The summed E-state index contributed by atoms with van der Waals surface area (Å²) in [5, 5.41) is 51.6. The van der Waals surface area contributed by atoms with Crippen LogP contribution in [0.4, 0.5) is 4.79 Å². The second-order valence-corrected chi connectivity index (χ2v) is 17.6. The summed E-state index contributed by atoms with van der Waals surface area (Å²) in [6.07, 6.45) is -11.5. The van der Waals surface area contributed by atoms with Gasteiger partial charge in [-0.05, 0) is 63.5 Å². The van der Waals surface area contributed by atoms with Crippen LogP contribution >= 0.6 is 0 Å². The van der Waals surface area contributed by atoms with E-state index in [-0.39, 0.29) is 29.7 Å². The zero-order chi connectivity index (χ0) is 42.7. The minimum atomic E-state index is -2.35. The molecule has 58 heavy (non-hydrogen) atoms. The van der Waals surface area contributed by atoms with E-state index in [1.165, 1.54) is 26.0 Å². The third kappa shape index (κ3) is 7.10. The summed E-state index contributed by atoms with van der Waals surface area (Å²) in [6, 6.07) is 14.6. The number of hydrogen-bond donors (Lipinski definition) is 5. The summed E-state index contributed by atoms with van der Waals surface area (Å²) in [6.45, 7) is 11.8. The summed E-state index contributed by atoms with van der Waals surface area (Å²) in [5.74, 6) is -5.36. The van der Waals surface area contributed by atoms with Gasteiger partial charge in [0.15, 0.2) is 17.5 Å². The van der Waals surface area contributed by atoms with Gasteiger partial charge in [-0.15, -0.1) is 0 Å². The molecule has 1 heterocycles. The Morgan fingerprint density at radius 2 is 1.55 bits per heavy atom. The molecule has 4 aliphatic rings. The molecule has 0 spiro atoms. The smallest absolute Gasteiger partial charge is 0.408 e. The molecule has 314 valence electrons. The maximum absolute atomic E-state index is 14.9. The number of nitrogens with one attached hydrogen (secondary N) is 1. The number of fused-ring (bicyclic) bond motifs is 5. The molecule has 2 saturated carbocycles. The van der Waals surface area contributed by atoms with E-state index in [4.69, 9.17) is 23.7 Å². The summed E-state index contributed by atoms with van der Waals surface area (Å²) in [7, 11) is 0. The van der Waals surface area contributed by atoms with E-state index in [1.54, 1.807) is 83.1 Å². The molecule has 15 heteroatoms.